The SMILES string of the molecule is COc1ccc([C@@H](O)[C@@H](N)c2ccc(OC)c(OC)c2)cc1OC. The van der Waals surface area contributed by atoms with Crippen LogP contribution in [0.1, 0.15) is 23.3 Å². The first-order valence-electron chi connectivity index (χ1n) is 7.43. The second kappa shape index (κ2) is 7.90. The first kappa shape index (κ1) is 17.9. The van der Waals surface area contributed by atoms with Gasteiger partial charge in [-0.05, 0) is 35.4 Å². The van der Waals surface area contributed by atoms with Crippen LogP contribution in [0.2, 0.25) is 0 Å². The van der Waals surface area contributed by atoms with Gasteiger partial charge in [0.05, 0.1) is 40.6 Å². The molecule has 0 aliphatic rings. The van der Waals surface area contributed by atoms with Crippen LogP contribution in [0, 0.1) is 0 Å². The maximum atomic E-state index is 10.6. The van der Waals surface area contributed by atoms with Gasteiger partial charge in [-0.1, -0.05) is 12.1 Å². The molecule has 0 unspecified atom stereocenters. The average molecular weight is 333 g/mol. The third-order valence-electron chi connectivity index (χ3n) is 3.88. The molecule has 0 spiro atoms. The van der Waals surface area contributed by atoms with Crippen LogP contribution in [-0.4, -0.2) is 33.5 Å². The van der Waals surface area contributed by atoms with Gasteiger partial charge in [-0.2, -0.15) is 0 Å². The van der Waals surface area contributed by atoms with Gasteiger partial charge in [-0.15, -0.1) is 0 Å². The van der Waals surface area contributed by atoms with Crippen molar-refractivity contribution in [2.24, 2.45) is 5.73 Å². The Morgan fingerprint density at radius 3 is 1.58 bits per heavy atom. The summed E-state index contributed by atoms with van der Waals surface area (Å²) in [4.78, 5) is 0. The molecule has 0 saturated heterocycles. The zero-order valence-electron chi connectivity index (χ0n) is 14.3. The van der Waals surface area contributed by atoms with Crippen molar-refractivity contribution in [3.05, 3.63) is 47.5 Å². The van der Waals surface area contributed by atoms with Crippen molar-refractivity contribution < 1.29 is 24.1 Å². The summed E-state index contributed by atoms with van der Waals surface area (Å²) in [5, 5.41) is 10.6. The predicted molar refractivity (Wildman–Crippen MR) is 91.0 cm³/mol. The van der Waals surface area contributed by atoms with Gasteiger partial charge in [0.2, 0.25) is 0 Å². The zero-order valence-corrected chi connectivity index (χ0v) is 14.3. The highest BCUT2D eigenvalue weighted by Crippen LogP contribution is 2.36. The summed E-state index contributed by atoms with van der Waals surface area (Å²) in [5.41, 5.74) is 7.59. The molecule has 2 aromatic rings. The van der Waals surface area contributed by atoms with Crippen molar-refractivity contribution in [1.82, 2.24) is 0 Å². The molecule has 2 aromatic carbocycles. The number of benzene rings is 2. The smallest absolute Gasteiger partial charge is 0.161 e. The summed E-state index contributed by atoms with van der Waals surface area (Å²) in [6.07, 6.45) is -0.914. The Hall–Kier alpha value is -2.44. The van der Waals surface area contributed by atoms with Crippen LogP contribution >= 0.6 is 0 Å². The summed E-state index contributed by atoms with van der Waals surface area (Å²) in [6, 6.07) is 9.89. The summed E-state index contributed by atoms with van der Waals surface area (Å²) < 4.78 is 21.0. The van der Waals surface area contributed by atoms with E-state index in [0.717, 1.165) is 5.56 Å². The fraction of sp³-hybridized carbons (Fsp3) is 0.333. The van der Waals surface area contributed by atoms with Gasteiger partial charge in [0.25, 0.3) is 0 Å². The van der Waals surface area contributed by atoms with E-state index in [0.29, 0.717) is 28.6 Å². The molecule has 130 valence electrons. The van der Waals surface area contributed by atoms with Crippen LogP contribution in [-0.2, 0) is 0 Å². The van der Waals surface area contributed by atoms with Crippen molar-refractivity contribution in [1.29, 1.82) is 0 Å². The first-order valence-corrected chi connectivity index (χ1v) is 7.43. The number of aliphatic hydroxyl groups is 1. The molecule has 0 radical (unpaired) electrons. The van der Waals surface area contributed by atoms with E-state index in [9.17, 15) is 5.11 Å². The highest BCUT2D eigenvalue weighted by molar-refractivity contribution is 5.46. The molecule has 0 aliphatic heterocycles. The van der Waals surface area contributed by atoms with Gasteiger partial charge in [0.15, 0.2) is 23.0 Å². The quantitative estimate of drug-likeness (QED) is 0.810. The molecule has 6 heteroatoms. The zero-order chi connectivity index (χ0) is 17.7. The van der Waals surface area contributed by atoms with Crippen molar-refractivity contribution >= 4 is 0 Å². The minimum absolute atomic E-state index is 0.536. The third kappa shape index (κ3) is 3.55. The molecule has 0 bridgehead atoms. The standard InChI is InChI=1S/C18H23NO5/c1-21-13-7-5-11(9-15(13)23-3)17(19)18(20)12-6-8-14(22-2)16(10-12)24-4/h5-10,17-18,20H,19H2,1-4H3/t17-,18+/m0/s1. The molecular formula is C18H23NO5. The fourth-order valence-electron chi connectivity index (χ4n) is 2.49. The van der Waals surface area contributed by atoms with E-state index < -0.39 is 12.1 Å². The van der Waals surface area contributed by atoms with Gasteiger partial charge < -0.3 is 29.8 Å². The number of hydrogen-bond donors (Lipinski definition) is 2. The second-order valence-electron chi connectivity index (χ2n) is 5.20. The monoisotopic (exact) mass is 333 g/mol. The van der Waals surface area contributed by atoms with Crippen molar-refractivity contribution in [2.75, 3.05) is 28.4 Å². The third-order valence-corrected chi connectivity index (χ3v) is 3.88. The molecule has 6 nitrogen and oxygen atoms in total. The molecule has 2 rings (SSSR count). The largest absolute Gasteiger partial charge is 0.493 e. The summed E-state index contributed by atoms with van der Waals surface area (Å²) >= 11 is 0. The van der Waals surface area contributed by atoms with E-state index in [4.69, 9.17) is 24.7 Å². The normalized spacial score (nSPS) is 13.1. The first-order chi connectivity index (χ1) is 11.5. The van der Waals surface area contributed by atoms with Gasteiger partial charge in [0, 0.05) is 0 Å². The van der Waals surface area contributed by atoms with Gasteiger partial charge >= 0.3 is 0 Å². The summed E-state index contributed by atoms with van der Waals surface area (Å²) in [5.74, 6) is 2.29. The highest BCUT2D eigenvalue weighted by atomic mass is 16.5. The number of methoxy groups -OCH3 is 4. The summed E-state index contributed by atoms with van der Waals surface area (Å²) in [6.45, 7) is 0. The maximum Gasteiger partial charge on any atom is 0.161 e. The number of hydrogen-bond acceptors (Lipinski definition) is 6. The number of rotatable bonds is 7. The van der Waals surface area contributed by atoms with Crippen LogP contribution in [0.4, 0.5) is 0 Å². The van der Waals surface area contributed by atoms with E-state index in [1.165, 1.54) is 0 Å². The van der Waals surface area contributed by atoms with Crippen LogP contribution in [0.5, 0.6) is 23.0 Å². The van der Waals surface area contributed by atoms with E-state index in [1.54, 1.807) is 64.8 Å². The maximum absolute atomic E-state index is 10.6. The van der Waals surface area contributed by atoms with Crippen molar-refractivity contribution in [2.45, 2.75) is 12.1 Å². The Morgan fingerprint density at radius 2 is 1.12 bits per heavy atom. The molecule has 2 atom stereocenters. The van der Waals surface area contributed by atoms with Crippen LogP contribution < -0.4 is 24.7 Å². The molecule has 0 heterocycles. The predicted octanol–water partition coefficient (Wildman–Crippen LogP) is 2.45. The lowest BCUT2D eigenvalue weighted by Crippen LogP contribution is -2.19. The molecule has 0 amide bonds. The lowest BCUT2D eigenvalue weighted by atomic mass is 9.96. The summed E-state index contributed by atoms with van der Waals surface area (Å²) in [7, 11) is 6.22. The fourth-order valence-corrected chi connectivity index (χ4v) is 2.49. The Balaban J connectivity index is 2.30. The Kier molecular flexibility index (Phi) is 5.89. The molecule has 3 N–H and O–H groups in total. The van der Waals surface area contributed by atoms with Crippen LogP contribution in [0.25, 0.3) is 0 Å². The highest BCUT2D eigenvalue weighted by Gasteiger charge is 2.21. The van der Waals surface area contributed by atoms with Crippen molar-refractivity contribution in [3.63, 3.8) is 0 Å². The van der Waals surface area contributed by atoms with Crippen LogP contribution in [0.3, 0.4) is 0 Å². The van der Waals surface area contributed by atoms with E-state index in [-0.39, 0.29) is 0 Å². The van der Waals surface area contributed by atoms with Crippen molar-refractivity contribution in [3.8, 4) is 23.0 Å². The molecule has 0 aliphatic carbocycles. The van der Waals surface area contributed by atoms with E-state index in [1.807, 2.05) is 0 Å². The number of aliphatic hydroxyl groups excluding tert-OH is 1. The van der Waals surface area contributed by atoms with Gasteiger partial charge in [0.1, 0.15) is 0 Å². The topological polar surface area (TPSA) is 83.2 Å². The Labute approximate surface area is 141 Å². The molecule has 0 aromatic heterocycles. The molecule has 24 heavy (non-hydrogen) atoms. The molecule has 0 fully saturated rings. The lowest BCUT2D eigenvalue weighted by Gasteiger charge is -2.21. The van der Waals surface area contributed by atoms with E-state index in [2.05, 4.69) is 0 Å². The molecular weight excluding hydrogens is 310 g/mol. The Bertz CT molecular complexity index is 630. The molecule has 0 saturated carbocycles. The average Bonchev–Trinajstić information content (AvgIpc) is 2.65. The minimum atomic E-state index is -0.914. The van der Waals surface area contributed by atoms with Crippen LogP contribution in [0.15, 0.2) is 36.4 Å². The minimum Gasteiger partial charge on any atom is -0.493 e. The number of ether oxygens (including phenoxy) is 4. The van der Waals surface area contributed by atoms with Gasteiger partial charge in [-0.25, -0.2) is 0 Å². The Morgan fingerprint density at radius 1 is 0.708 bits per heavy atom. The lowest BCUT2D eigenvalue weighted by molar-refractivity contribution is 0.146. The van der Waals surface area contributed by atoms with Gasteiger partial charge in [-0.3, -0.25) is 0 Å². The second-order valence-corrected chi connectivity index (χ2v) is 5.20. The van der Waals surface area contributed by atoms with E-state index >= 15 is 0 Å². The number of nitrogens with two attached hydrogens (primary N) is 1.